The molecule has 1 atom stereocenters. The van der Waals surface area contributed by atoms with Crippen LogP contribution in [0.15, 0.2) is 0 Å². The number of hydrogen-bond acceptors (Lipinski definition) is 3. The number of halogens is 1. The van der Waals surface area contributed by atoms with Crippen molar-refractivity contribution >= 4 is 11.9 Å². The van der Waals surface area contributed by atoms with Crippen LogP contribution in [0.4, 0.5) is 9.18 Å². The van der Waals surface area contributed by atoms with Gasteiger partial charge in [-0.15, -0.1) is 0 Å². The van der Waals surface area contributed by atoms with Crippen molar-refractivity contribution in [2.45, 2.75) is 24.0 Å². The summed E-state index contributed by atoms with van der Waals surface area (Å²) in [6.07, 6.45) is 0.551. The summed E-state index contributed by atoms with van der Waals surface area (Å²) in [4.78, 5) is 22.1. The highest BCUT2D eigenvalue weighted by atomic mass is 19.1. The van der Waals surface area contributed by atoms with E-state index >= 15 is 0 Å². The summed E-state index contributed by atoms with van der Waals surface area (Å²) in [5.41, 5.74) is 2.17. The van der Waals surface area contributed by atoms with Crippen molar-refractivity contribution in [2.75, 3.05) is 6.54 Å². The molecule has 1 aliphatic heterocycles. The van der Waals surface area contributed by atoms with Gasteiger partial charge < -0.3 is 11.1 Å². The highest BCUT2D eigenvalue weighted by Gasteiger charge is 2.67. The number of imide groups is 1. The maximum atomic E-state index is 13.7. The molecule has 0 spiro atoms. The first-order valence-corrected chi connectivity index (χ1v) is 4.07. The second-order valence-electron chi connectivity index (χ2n) is 3.48. The monoisotopic (exact) mass is 187 g/mol. The molecule has 0 aromatic rings. The van der Waals surface area contributed by atoms with Crippen LogP contribution >= 0.6 is 0 Å². The maximum Gasteiger partial charge on any atom is 0.322 e. The Morgan fingerprint density at radius 3 is 2.38 bits per heavy atom. The molecule has 2 fully saturated rings. The summed E-state index contributed by atoms with van der Waals surface area (Å²) in [6, 6.07) is -0.667. The lowest BCUT2D eigenvalue weighted by Crippen LogP contribution is -2.61. The summed E-state index contributed by atoms with van der Waals surface area (Å²) >= 11 is 0. The fraction of sp³-hybridized carbons (Fsp3) is 0.714. The first-order valence-electron chi connectivity index (χ1n) is 4.07. The summed E-state index contributed by atoms with van der Waals surface area (Å²) in [5, 5.41) is 4.27. The van der Waals surface area contributed by atoms with E-state index in [1.165, 1.54) is 0 Å². The molecule has 0 aromatic carbocycles. The van der Waals surface area contributed by atoms with Crippen LogP contribution in [0.25, 0.3) is 0 Å². The molecule has 4 N–H and O–H groups in total. The number of urea groups is 1. The van der Waals surface area contributed by atoms with Crippen molar-refractivity contribution in [2.24, 2.45) is 5.73 Å². The third-order valence-corrected chi connectivity index (χ3v) is 2.70. The number of carbonyl (C=O) groups excluding carboxylic acids is 2. The minimum absolute atomic E-state index is 0.207. The minimum Gasteiger partial charge on any atom is -0.328 e. The third kappa shape index (κ3) is 0.888. The number of alkyl halides is 1. The Morgan fingerprint density at radius 1 is 1.46 bits per heavy atom. The predicted molar refractivity (Wildman–Crippen MR) is 41.5 cm³/mol. The molecular weight excluding hydrogens is 177 g/mol. The van der Waals surface area contributed by atoms with Crippen LogP contribution in [0.1, 0.15) is 12.8 Å². The van der Waals surface area contributed by atoms with Gasteiger partial charge in [0.25, 0.3) is 5.91 Å². The zero-order chi connectivity index (χ0) is 9.69. The van der Waals surface area contributed by atoms with E-state index in [0.29, 0.717) is 0 Å². The second-order valence-corrected chi connectivity index (χ2v) is 3.48. The SMILES string of the molecule is NCC1(C2(F)CC2)NC(=O)NC1=O. The lowest BCUT2D eigenvalue weighted by Gasteiger charge is -2.27. The van der Waals surface area contributed by atoms with Gasteiger partial charge in [-0.25, -0.2) is 9.18 Å². The molecule has 1 aliphatic carbocycles. The van der Waals surface area contributed by atoms with Crippen molar-refractivity contribution in [3.05, 3.63) is 0 Å². The number of rotatable bonds is 2. The van der Waals surface area contributed by atoms with Gasteiger partial charge in [0.1, 0.15) is 5.67 Å². The van der Waals surface area contributed by atoms with E-state index in [2.05, 4.69) is 5.32 Å². The van der Waals surface area contributed by atoms with E-state index in [4.69, 9.17) is 5.73 Å². The van der Waals surface area contributed by atoms with Gasteiger partial charge in [-0.2, -0.15) is 0 Å². The summed E-state index contributed by atoms with van der Waals surface area (Å²) in [6.45, 7) is -0.207. The topological polar surface area (TPSA) is 84.2 Å². The van der Waals surface area contributed by atoms with E-state index in [-0.39, 0.29) is 19.4 Å². The number of hydrogen-bond donors (Lipinski definition) is 3. The Bertz CT molecular complexity index is 289. The maximum absolute atomic E-state index is 13.7. The highest BCUT2D eigenvalue weighted by molar-refractivity contribution is 6.08. The average molecular weight is 187 g/mol. The van der Waals surface area contributed by atoms with Crippen molar-refractivity contribution < 1.29 is 14.0 Å². The van der Waals surface area contributed by atoms with Gasteiger partial charge in [0.2, 0.25) is 0 Å². The quantitative estimate of drug-likeness (QED) is 0.486. The average Bonchev–Trinajstić information content (AvgIpc) is 2.72. The van der Waals surface area contributed by atoms with E-state index in [9.17, 15) is 14.0 Å². The van der Waals surface area contributed by atoms with Crippen LogP contribution in [-0.2, 0) is 4.79 Å². The van der Waals surface area contributed by atoms with Crippen LogP contribution in [0, 0.1) is 0 Å². The lowest BCUT2D eigenvalue weighted by atomic mass is 9.91. The Balaban J connectivity index is 2.35. The van der Waals surface area contributed by atoms with E-state index in [0.717, 1.165) is 0 Å². The molecule has 0 aromatic heterocycles. The van der Waals surface area contributed by atoms with Crippen LogP contribution in [0.3, 0.4) is 0 Å². The number of nitrogens with one attached hydrogen (secondary N) is 2. The zero-order valence-corrected chi connectivity index (χ0v) is 6.89. The molecule has 0 bridgehead atoms. The smallest absolute Gasteiger partial charge is 0.322 e. The van der Waals surface area contributed by atoms with Crippen LogP contribution < -0.4 is 16.4 Å². The number of carbonyl (C=O) groups is 2. The van der Waals surface area contributed by atoms with Crippen molar-refractivity contribution in [1.29, 1.82) is 0 Å². The summed E-state index contributed by atoms with van der Waals surface area (Å²) in [5.74, 6) is -0.653. The Morgan fingerprint density at radius 2 is 2.08 bits per heavy atom. The summed E-state index contributed by atoms with van der Waals surface area (Å²) < 4.78 is 13.7. The van der Waals surface area contributed by atoms with Crippen molar-refractivity contribution in [3.63, 3.8) is 0 Å². The third-order valence-electron chi connectivity index (χ3n) is 2.70. The van der Waals surface area contributed by atoms with Gasteiger partial charge in [-0.3, -0.25) is 10.1 Å². The van der Waals surface area contributed by atoms with Gasteiger partial charge in [-0.05, 0) is 12.8 Å². The number of amides is 3. The van der Waals surface area contributed by atoms with Gasteiger partial charge in [0.05, 0.1) is 0 Å². The molecule has 0 radical (unpaired) electrons. The zero-order valence-electron chi connectivity index (χ0n) is 6.89. The normalized spacial score (nSPS) is 35.5. The molecule has 5 nitrogen and oxygen atoms in total. The van der Waals surface area contributed by atoms with E-state index < -0.39 is 23.1 Å². The molecule has 3 amide bonds. The lowest BCUT2D eigenvalue weighted by molar-refractivity contribution is -0.126. The molecule has 1 heterocycles. The van der Waals surface area contributed by atoms with Gasteiger partial charge in [0, 0.05) is 6.54 Å². The molecular formula is C7H10FN3O2. The van der Waals surface area contributed by atoms with Crippen LogP contribution in [-0.4, -0.2) is 29.7 Å². The van der Waals surface area contributed by atoms with Gasteiger partial charge in [-0.1, -0.05) is 0 Å². The largest absolute Gasteiger partial charge is 0.328 e. The Labute approximate surface area is 73.8 Å². The molecule has 72 valence electrons. The fourth-order valence-corrected chi connectivity index (χ4v) is 1.67. The van der Waals surface area contributed by atoms with Crippen molar-refractivity contribution in [3.8, 4) is 0 Å². The Hall–Kier alpha value is -1.17. The van der Waals surface area contributed by atoms with Crippen LogP contribution in [0.2, 0.25) is 0 Å². The number of nitrogens with two attached hydrogens (primary N) is 1. The van der Waals surface area contributed by atoms with E-state index in [1.807, 2.05) is 5.32 Å². The standard InChI is InChI=1S/C7H10FN3O2/c8-6(1-2-6)7(3-9)4(12)10-5(13)11-7/h1-3,9H2,(H2,10,11,12,13). The van der Waals surface area contributed by atoms with Crippen molar-refractivity contribution in [1.82, 2.24) is 10.6 Å². The molecule has 1 saturated carbocycles. The van der Waals surface area contributed by atoms with Gasteiger partial charge >= 0.3 is 6.03 Å². The minimum atomic E-state index is -1.64. The molecule has 1 unspecified atom stereocenters. The predicted octanol–water partition coefficient (Wildman–Crippen LogP) is -0.975. The fourth-order valence-electron chi connectivity index (χ4n) is 1.67. The molecule has 1 saturated heterocycles. The first kappa shape index (κ1) is 8.43. The van der Waals surface area contributed by atoms with E-state index in [1.54, 1.807) is 0 Å². The Kier molecular flexibility index (Phi) is 1.42. The molecule has 13 heavy (non-hydrogen) atoms. The highest BCUT2D eigenvalue weighted by Crippen LogP contribution is 2.49. The van der Waals surface area contributed by atoms with Crippen LogP contribution in [0.5, 0.6) is 0 Å². The molecule has 2 rings (SSSR count). The second kappa shape index (κ2) is 2.20. The molecule has 2 aliphatic rings. The van der Waals surface area contributed by atoms with Gasteiger partial charge in [0.15, 0.2) is 5.54 Å². The first-order chi connectivity index (χ1) is 6.04. The summed E-state index contributed by atoms with van der Waals surface area (Å²) in [7, 11) is 0. The molecule has 6 heteroatoms.